The molecule has 2 aromatic carbocycles. The number of nitro groups is 1. The van der Waals surface area contributed by atoms with Gasteiger partial charge in [-0.1, -0.05) is 40.9 Å². The van der Waals surface area contributed by atoms with E-state index in [1.54, 1.807) is 19.1 Å². The summed E-state index contributed by atoms with van der Waals surface area (Å²) in [5.74, 6) is -0.513. The molecule has 0 aliphatic carbocycles. The Balaban J connectivity index is 2.16. The van der Waals surface area contributed by atoms with Crippen LogP contribution in [0.25, 0.3) is 0 Å². The smallest absolute Gasteiger partial charge is 0.267 e. The van der Waals surface area contributed by atoms with E-state index in [0.717, 1.165) is 0 Å². The van der Waals surface area contributed by atoms with Gasteiger partial charge in [0.25, 0.3) is 11.6 Å². The molecule has 0 saturated carbocycles. The second-order valence-corrected chi connectivity index (χ2v) is 5.83. The lowest BCUT2D eigenvalue weighted by Crippen LogP contribution is -2.19. The molecule has 2 rings (SSSR count). The molecule has 124 valence electrons. The topological polar surface area (TPSA) is 84.6 Å². The van der Waals surface area contributed by atoms with Crippen molar-refractivity contribution in [2.75, 3.05) is 0 Å². The van der Waals surface area contributed by atoms with Crippen LogP contribution in [0.2, 0.25) is 15.1 Å². The van der Waals surface area contributed by atoms with Crippen LogP contribution in [0.1, 0.15) is 22.8 Å². The summed E-state index contributed by atoms with van der Waals surface area (Å²) < 4.78 is 0. The maximum absolute atomic E-state index is 12.0. The lowest BCUT2D eigenvalue weighted by molar-refractivity contribution is -0.384. The van der Waals surface area contributed by atoms with Crippen molar-refractivity contribution in [3.63, 3.8) is 0 Å². The first kappa shape index (κ1) is 18.2. The minimum atomic E-state index is -0.545. The summed E-state index contributed by atoms with van der Waals surface area (Å²) in [6.45, 7) is 1.64. The van der Waals surface area contributed by atoms with Gasteiger partial charge < -0.3 is 0 Å². The first-order valence-corrected chi connectivity index (χ1v) is 7.67. The highest BCUT2D eigenvalue weighted by atomic mass is 35.5. The number of rotatable bonds is 4. The largest absolute Gasteiger partial charge is 0.271 e. The molecule has 0 atom stereocenters. The standard InChI is InChI=1S/C15H10Cl3N3O3/c1-8(11-6-7-12(16)14(18)13(11)17)19-20-15(22)9-2-4-10(5-3-9)21(23)24/h2-7H,1H3,(H,20,22). The van der Waals surface area contributed by atoms with E-state index < -0.39 is 10.8 Å². The van der Waals surface area contributed by atoms with Gasteiger partial charge in [0.15, 0.2) is 0 Å². The summed E-state index contributed by atoms with van der Waals surface area (Å²) in [6, 6.07) is 8.35. The van der Waals surface area contributed by atoms with Gasteiger partial charge in [-0.15, -0.1) is 0 Å². The molecule has 0 unspecified atom stereocenters. The minimum Gasteiger partial charge on any atom is -0.267 e. The van der Waals surface area contributed by atoms with Gasteiger partial charge in [-0.25, -0.2) is 5.43 Å². The maximum atomic E-state index is 12.0. The van der Waals surface area contributed by atoms with Crippen molar-refractivity contribution >= 4 is 52.1 Å². The summed E-state index contributed by atoms with van der Waals surface area (Å²) in [4.78, 5) is 22.0. The molecular weight excluding hydrogens is 377 g/mol. The fraction of sp³-hybridized carbons (Fsp3) is 0.0667. The predicted octanol–water partition coefficient (Wildman–Crippen LogP) is 4.71. The van der Waals surface area contributed by atoms with Crippen molar-refractivity contribution in [2.45, 2.75) is 6.92 Å². The van der Waals surface area contributed by atoms with Gasteiger partial charge in [-0.2, -0.15) is 5.10 Å². The molecule has 6 nitrogen and oxygen atoms in total. The number of nitro benzene ring substituents is 1. The molecule has 1 N–H and O–H groups in total. The number of hydrogen-bond acceptors (Lipinski definition) is 4. The number of hydrogen-bond donors (Lipinski definition) is 1. The average Bonchev–Trinajstić information content (AvgIpc) is 2.57. The Labute approximate surface area is 152 Å². The molecule has 2 aromatic rings. The Bertz CT molecular complexity index is 836. The van der Waals surface area contributed by atoms with Crippen molar-refractivity contribution in [1.82, 2.24) is 5.43 Å². The Kier molecular flexibility index (Phi) is 5.77. The fourth-order valence-electron chi connectivity index (χ4n) is 1.80. The van der Waals surface area contributed by atoms with Crippen molar-refractivity contribution in [3.05, 3.63) is 72.7 Å². The summed E-state index contributed by atoms with van der Waals surface area (Å²) in [6.07, 6.45) is 0. The van der Waals surface area contributed by atoms with Crippen LogP contribution in [0.15, 0.2) is 41.5 Å². The van der Waals surface area contributed by atoms with E-state index in [1.807, 2.05) is 0 Å². The first-order valence-electron chi connectivity index (χ1n) is 6.54. The van der Waals surface area contributed by atoms with E-state index in [0.29, 0.717) is 16.3 Å². The molecule has 0 spiro atoms. The second-order valence-electron chi connectivity index (χ2n) is 4.67. The second kappa shape index (κ2) is 7.61. The highest BCUT2D eigenvalue weighted by Crippen LogP contribution is 2.32. The molecule has 1 amide bonds. The van der Waals surface area contributed by atoms with Gasteiger partial charge in [0.1, 0.15) is 0 Å². The number of benzene rings is 2. The van der Waals surface area contributed by atoms with E-state index in [-0.39, 0.29) is 21.3 Å². The van der Waals surface area contributed by atoms with Gasteiger partial charge in [-0.3, -0.25) is 14.9 Å². The zero-order valence-corrected chi connectivity index (χ0v) is 14.5. The third-order valence-electron chi connectivity index (χ3n) is 3.09. The van der Waals surface area contributed by atoms with Gasteiger partial charge in [0.05, 0.1) is 25.7 Å². The summed E-state index contributed by atoms with van der Waals surface area (Å²) in [5, 5.41) is 15.3. The SMILES string of the molecule is CC(=NNC(=O)c1ccc([N+](=O)[O-])cc1)c1ccc(Cl)c(Cl)c1Cl. The van der Waals surface area contributed by atoms with Crippen molar-refractivity contribution in [2.24, 2.45) is 5.10 Å². The van der Waals surface area contributed by atoms with Crippen LogP contribution in [0.3, 0.4) is 0 Å². The normalized spacial score (nSPS) is 11.2. The summed E-state index contributed by atoms with van der Waals surface area (Å²) in [5.41, 5.74) is 3.43. The third-order valence-corrected chi connectivity index (χ3v) is 4.38. The number of nitrogens with one attached hydrogen (secondary N) is 1. The lowest BCUT2D eigenvalue weighted by atomic mass is 10.1. The van der Waals surface area contributed by atoms with E-state index in [1.165, 1.54) is 24.3 Å². The Hall–Kier alpha value is -2.15. The Morgan fingerprint density at radius 2 is 1.71 bits per heavy atom. The minimum absolute atomic E-state index is 0.103. The number of carbonyl (C=O) groups excluding carboxylic acids is 1. The molecule has 0 aliphatic rings. The van der Waals surface area contributed by atoms with Crippen LogP contribution in [-0.4, -0.2) is 16.5 Å². The first-order chi connectivity index (χ1) is 11.3. The fourth-order valence-corrected chi connectivity index (χ4v) is 2.47. The van der Waals surface area contributed by atoms with E-state index in [4.69, 9.17) is 34.8 Å². The monoisotopic (exact) mass is 385 g/mol. The van der Waals surface area contributed by atoms with Crippen LogP contribution in [0.5, 0.6) is 0 Å². The zero-order valence-electron chi connectivity index (χ0n) is 12.2. The van der Waals surface area contributed by atoms with Crippen molar-refractivity contribution < 1.29 is 9.72 Å². The predicted molar refractivity (Wildman–Crippen MR) is 94.2 cm³/mol. The molecular formula is C15H10Cl3N3O3. The molecule has 0 saturated heterocycles. The summed E-state index contributed by atoms with van der Waals surface area (Å²) in [7, 11) is 0. The number of amides is 1. The molecule has 0 heterocycles. The van der Waals surface area contributed by atoms with E-state index >= 15 is 0 Å². The Morgan fingerprint density at radius 3 is 2.29 bits per heavy atom. The molecule has 24 heavy (non-hydrogen) atoms. The van der Waals surface area contributed by atoms with Crippen molar-refractivity contribution in [3.8, 4) is 0 Å². The summed E-state index contributed by atoms with van der Waals surface area (Å²) >= 11 is 17.9. The molecule has 0 radical (unpaired) electrons. The van der Waals surface area contributed by atoms with Gasteiger partial charge in [-0.05, 0) is 25.1 Å². The van der Waals surface area contributed by atoms with Crippen molar-refractivity contribution in [1.29, 1.82) is 0 Å². The number of carbonyl (C=O) groups is 1. The van der Waals surface area contributed by atoms with Crippen LogP contribution in [0.4, 0.5) is 5.69 Å². The maximum Gasteiger partial charge on any atom is 0.271 e. The van der Waals surface area contributed by atoms with E-state index in [9.17, 15) is 14.9 Å². The highest BCUT2D eigenvalue weighted by molar-refractivity contribution is 6.49. The van der Waals surface area contributed by atoms with Crippen LogP contribution < -0.4 is 5.43 Å². The number of nitrogens with zero attached hydrogens (tertiary/aromatic N) is 2. The van der Waals surface area contributed by atoms with Gasteiger partial charge in [0.2, 0.25) is 0 Å². The Morgan fingerprint density at radius 1 is 1.08 bits per heavy atom. The molecule has 0 bridgehead atoms. The molecule has 0 fully saturated rings. The average molecular weight is 387 g/mol. The van der Waals surface area contributed by atoms with E-state index in [2.05, 4.69) is 10.5 Å². The lowest BCUT2D eigenvalue weighted by Gasteiger charge is -2.07. The van der Waals surface area contributed by atoms with Gasteiger partial charge in [0, 0.05) is 23.3 Å². The zero-order chi connectivity index (χ0) is 17.9. The van der Waals surface area contributed by atoms with Crippen LogP contribution in [0, 0.1) is 10.1 Å². The quantitative estimate of drug-likeness (QED) is 0.357. The van der Waals surface area contributed by atoms with Gasteiger partial charge >= 0.3 is 0 Å². The third kappa shape index (κ3) is 4.03. The number of halogens is 3. The molecule has 9 heteroatoms. The number of non-ortho nitro benzene ring substituents is 1. The van der Waals surface area contributed by atoms with Crippen LogP contribution >= 0.6 is 34.8 Å². The molecule has 0 aromatic heterocycles. The highest BCUT2D eigenvalue weighted by Gasteiger charge is 2.12. The van der Waals surface area contributed by atoms with Crippen LogP contribution in [-0.2, 0) is 0 Å². The number of hydrazone groups is 1. The molecule has 0 aliphatic heterocycles.